The molecule has 1 aliphatic heterocycles. The molecule has 7 nitrogen and oxygen atoms in total. The second kappa shape index (κ2) is 6.05. The zero-order valence-corrected chi connectivity index (χ0v) is 13.0. The van der Waals surface area contributed by atoms with Crippen LogP contribution in [0.4, 0.5) is 0 Å². The van der Waals surface area contributed by atoms with Gasteiger partial charge >= 0.3 is 5.97 Å². The first-order valence-electron chi connectivity index (χ1n) is 6.87. The van der Waals surface area contributed by atoms with Gasteiger partial charge in [0, 0.05) is 18.7 Å². The molecule has 0 radical (unpaired) electrons. The second-order valence-corrected chi connectivity index (χ2v) is 7.32. The Morgan fingerprint density at radius 2 is 2.05 bits per heavy atom. The van der Waals surface area contributed by atoms with Crippen molar-refractivity contribution in [1.29, 1.82) is 0 Å². The Balaban J connectivity index is 2.36. The molecule has 1 aromatic carbocycles. The van der Waals surface area contributed by atoms with Crippen LogP contribution in [0, 0.1) is 12.8 Å². The van der Waals surface area contributed by atoms with E-state index in [4.69, 9.17) is 10.8 Å². The van der Waals surface area contributed by atoms with Crippen molar-refractivity contribution in [2.75, 3.05) is 13.1 Å². The first kappa shape index (κ1) is 16.4. The lowest BCUT2D eigenvalue weighted by atomic mass is 10.0. The molecule has 1 atom stereocenters. The largest absolute Gasteiger partial charge is 0.481 e. The van der Waals surface area contributed by atoms with Crippen LogP contribution in [0.5, 0.6) is 0 Å². The first-order valence-corrected chi connectivity index (χ1v) is 8.31. The summed E-state index contributed by atoms with van der Waals surface area (Å²) >= 11 is 0. The number of piperidine rings is 1. The number of amides is 1. The van der Waals surface area contributed by atoms with Gasteiger partial charge in [0.15, 0.2) is 0 Å². The minimum absolute atomic E-state index is 0.0436. The third-order valence-corrected chi connectivity index (χ3v) is 5.71. The molecule has 0 saturated carbocycles. The van der Waals surface area contributed by atoms with Crippen LogP contribution in [0.3, 0.4) is 0 Å². The van der Waals surface area contributed by atoms with Gasteiger partial charge in [-0.25, -0.2) is 8.42 Å². The van der Waals surface area contributed by atoms with E-state index in [-0.39, 0.29) is 23.5 Å². The maximum absolute atomic E-state index is 12.6. The number of nitrogens with two attached hydrogens (primary N) is 1. The van der Waals surface area contributed by atoms with Gasteiger partial charge in [-0.05, 0) is 37.5 Å². The van der Waals surface area contributed by atoms with Gasteiger partial charge in [0.25, 0.3) is 0 Å². The Bertz CT molecular complexity index is 714. The van der Waals surface area contributed by atoms with Crippen molar-refractivity contribution in [2.24, 2.45) is 11.7 Å². The Labute approximate surface area is 128 Å². The quantitative estimate of drug-likeness (QED) is 0.839. The van der Waals surface area contributed by atoms with Crippen molar-refractivity contribution in [1.82, 2.24) is 4.31 Å². The van der Waals surface area contributed by atoms with Crippen LogP contribution < -0.4 is 5.73 Å². The van der Waals surface area contributed by atoms with Crippen molar-refractivity contribution in [3.63, 3.8) is 0 Å². The van der Waals surface area contributed by atoms with E-state index in [2.05, 4.69) is 0 Å². The number of carboxylic acids is 1. The predicted octanol–water partition coefficient (Wildman–Crippen LogP) is 0.579. The molecule has 22 heavy (non-hydrogen) atoms. The summed E-state index contributed by atoms with van der Waals surface area (Å²) in [5, 5.41) is 9.06. The molecule has 0 aliphatic carbocycles. The van der Waals surface area contributed by atoms with E-state index >= 15 is 0 Å². The van der Waals surface area contributed by atoms with Gasteiger partial charge in [0.05, 0.1) is 10.8 Å². The van der Waals surface area contributed by atoms with Gasteiger partial charge in [0.1, 0.15) is 0 Å². The average molecular weight is 326 g/mol. The predicted molar refractivity (Wildman–Crippen MR) is 78.8 cm³/mol. The summed E-state index contributed by atoms with van der Waals surface area (Å²) in [6, 6.07) is 4.17. The maximum atomic E-state index is 12.6. The van der Waals surface area contributed by atoms with E-state index in [0.29, 0.717) is 18.4 Å². The lowest BCUT2D eigenvalue weighted by Gasteiger charge is -2.29. The second-order valence-electron chi connectivity index (χ2n) is 5.38. The third-order valence-electron chi connectivity index (χ3n) is 3.85. The molecular formula is C14H18N2O5S. The maximum Gasteiger partial charge on any atom is 0.307 e. The highest BCUT2D eigenvalue weighted by Crippen LogP contribution is 2.25. The summed E-state index contributed by atoms with van der Waals surface area (Å²) in [6.07, 6.45) is 0.951. The highest BCUT2D eigenvalue weighted by Gasteiger charge is 2.33. The van der Waals surface area contributed by atoms with E-state index in [1.165, 1.54) is 18.2 Å². The SMILES string of the molecule is Cc1ccc(S(=O)(=O)N2CCCC(C(=O)O)C2)cc1C(N)=O. The van der Waals surface area contributed by atoms with Gasteiger partial charge in [0.2, 0.25) is 15.9 Å². The number of primary amides is 1. The van der Waals surface area contributed by atoms with Crippen LogP contribution in [0.1, 0.15) is 28.8 Å². The lowest BCUT2D eigenvalue weighted by molar-refractivity contribution is -0.142. The van der Waals surface area contributed by atoms with Crippen molar-refractivity contribution in [2.45, 2.75) is 24.7 Å². The molecule has 1 saturated heterocycles. The molecule has 2 rings (SSSR count). The number of carbonyl (C=O) groups excluding carboxylic acids is 1. The summed E-state index contributed by atoms with van der Waals surface area (Å²) in [6.45, 7) is 1.88. The fourth-order valence-corrected chi connectivity index (χ4v) is 4.09. The summed E-state index contributed by atoms with van der Waals surface area (Å²) in [4.78, 5) is 22.4. The topological polar surface area (TPSA) is 118 Å². The Hall–Kier alpha value is -1.93. The van der Waals surface area contributed by atoms with Crippen LogP contribution in [0.15, 0.2) is 23.1 Å². The number of nitrogens with zero attached hydrogens (tertiary/aromatic N) is 1. The molecule has 3 N–H and O–H groups in total. The van der Waals surface area contributed by atoms with Crippen LogP contribution >= 0.6 is 0 Å². The number of benzene rings is 1. The fourth-order valence-electron chi connectivity index (χ4n) is 2.54. The van der Waals surface area contributed by atoms with Crippen LogP contribution in [-0.2, 0) is 14.8 Å². The third kappa shape index (κ3) is 3.12. The van der Waals surface area contributed by atoms with Gasteiger partial charge in [-0.15, -0.1) is 0 Å². The number of aryl methyl sites for hydroxylation is 1. The van der Waals surface area contributed by atoms with Crippen LogP contribution in [0.25, 0.3) is 0 Å². The van der Waals surface area contributed by atoms with Gasteiger partial charge in [-0.1, -0.05) is 6.07 Å². The minimum atomic E-state index is -3.84. The molecule has 0 bridgehead atoms. The number of sulfonamides is 1. The smallest absolute Gasteiger partial charge is 0.307 e. The van der Waals surface area contributed by atoms with Gasteiger partial charge in [-0.3, -0.25) is 9.59 Å². The van der Waals surface area contributed by atoms with E-state index in [0.717, 1.165) is 4.31 Å². The zero-order valence-electron chi connectivity index (χ0n) is 12.2. The Morgan fingerprint density at radius 3 is 2.64 bits per heavy atom. The van der Waals surface area contributed by atoms with E-state index < -0.39 is 27.8 Å². The lowest BCUT2D eigenvalue weighted by Crippen LogP contribution is -2.42. The number of rotatable bonds is 4. The Kier molecular flexibility index (Phi) is 4.52. The number of aliphatic carboxylic acids is 1. The highest BCUT2D eigenvalue weighted by atomic mass is 32.2. The first-order chi connectivity index (χ1) is 10.2. The molecule has 0 aromatic heterocycles. The molecule has 8 heteroatoms. The fraction of sp³-hybridized carbons (Fsp3) is 0.429. The number of carboxylic acid groups (broad SMARTS) is 1. The molecule has 0 spiro atoms. The normalized spacial score (nSPS) is 19.8. The number of hydrogen-bond acceptors (Lipinski definition) is 4. The van der Waals surface area contributed by atoms with Crippen LogP contribution in [-0.4, -0.2) is 42.8 Å². The number of hydrogen-bond donors (Lipinski definition) is 2. The van der Waals surface area contributed by atoms with Crippen molar-refractivity contribution in [3.8, 4) is 0 Å². The minimum Gasteiger partial charge on any atom is -0.481 e. The molecule has 1 unspecified atom stereocenters. The van der Waals surface area contributed by atoms with Crippen molar-refractivity contribution in [3.05, 3.63) is 29.3 Å². The van der Waals surface area contributed by atoms with E-state index in [1.54, 1.807) is 6.92 Å². The average Bonchev–Trinajstić information content (AvgIpc) is 2.47. The summed E-state index contributed by atoms with van der Waals surface area (Å²) in [5.74, 6) is -2.40. The van der Waals surface area contributed by atoms with E-state index in [1.807, 2.05) is 0 Å². The molecule has 1 fully saturated rings. The standard InChI is InChI=1S/C14H18N2O5S/c1-9-4-5-11(7-12(9)13(15)17)22(20,21)16-6-2-3-10(8-16)14(18)19/h4-5,7,10H,2-3,6,8H2,1H3,(H2,15,17)(H,18,19). The van der Waals surface area contributed by atoms with Gasteiger partial charge < -0.3 is 10.8 Å². The molecule has 1 aliphatic rings. The Morgan fingerprint density at radius 1 is 1.36 bits per heavy atom. The van der Waals surface area contributed by atoms with E-state index in [9.17, 15) is 18.0 Å². The summed E-state index contributed by atoms with van der Waals surface area (Å²) in [7, 11) is -3.84. The monoisotopic (exact) mass is 326 g/mol. The summed E-state index contributed by atoms with van der Waals surface area (Å²) in [5.41, 5.74) is 5.98. The molecule has 1 amide bonds. The van der Waals surface area contributed by atoms with Crippen molar-refractivity contribution < 1.29 is 23.1 Å². The number of carbonyl (C=O) groups is 2. The van der Waals surface area contributed by atoms with Gasteiger partial charge in [-0.2, -0.15) is 4.31 Å². The zero-order chi connectivity index (χ0) is 16.5. The van der Waals surface area contributed by atoms with Crippen molar-refractivity contribution >= 4 is 21.9 Å². The summed E-state index contributed by atoms with van der Waals surface area (Å²) < 4.78 is 26.4. The molecule has 1 aromatic rings. The highest BCUT2D eigenvalue weighted by molar-refractivity contribution is 7.89. The van der Waals surface area contributed by atoms with Crippen LogP contribution in [0.2, 0.25) is 0 Å². The molecule has 120 valence electrons. The molecule has 1 heterocycles. The molecular weight excluding hydrogens is 308 g/mol.